The lowest BCUT2D eigenvalue weighted by molar-refractivity contribution is 0.167. The molecule has 0 spiro atoms. The second-order valence-corrected chi connectivity index (χ2v) is 5.95. The molecule has 1 amide bonds. The van der Waals surface area contributed by atoms with E-state index in [0.29, 0.717) is 18.5 Å². The van der Waals surface area contributed by atoms with Gasteiger partial charge < -0.3 is 9.72 Å². The van der Waals surface area contributed by atoms with Gasteiger partial charge in [-0.1, -0.05) is 43.5 Å². The predicted molar refractivity (Wildman–Crippen MR) is 90.5 cm³/mol. The number of anilines is 1. The molecule has 1 fully saturated rings. The van der Waals surface area contributed by atoms with Crippen molar-refractivity contribution in [2.45, 2.75) is 44.9 Å². The fourth-order valence-electron chi connectivity index (χ4n) is 3.17. The summed E-state index contributed by atoms with van der Waals surface area (Å²) in [5.41, 5.74) is 3.37. The average molecular weight is 313 g/mol. The standard InChI is InChI=1S/C18H23N3O2/c1-2-23-18(22)21-17-19-12-16(20-17)15-10-8-14(9-11-15)13-6-4-3-5-7-13/h8-13H,2-7H2,1H3,(H2,19,20,21,22). The first-order chi connectivity index (χ1) is 11.3. The molecule has 1 aromatic heterocycles. The molecule has 1 heterocycles. The molecule has 1 aliphatic rings. The van der Waals surface area contributed by atoms with Crippen LogP contribution < -0.4 is 5.32 Å². The van der Waals surface area contributed by atoms with Gasteiger partial charge in [0.1, 0.15) is 0 Å². The molecule has 1 aromatic carbocycles. The number of aromatic nitrogens is 2. The summed E-state index contributed by atoms with van der Waals surface area (Å²) in [7, 11) is 0. The normalized spacial score (nSPS) is 15.3. The van der Waals surface area contributed by atoms with E-state index in [1.54, 1.807) is 13.1 Å². The maximum atomic E-state index is 11.4. The third-order valence-electron chi connectivity index (χ3n) is 4.37. The molecule has 5 heteroatoms. The van der Waals surface area contributed by atoms with Gasteiger partial charge in [0.05, 0.1) is 18.5 Å². The van der Waals surface area contributed by atoms with E-state index >= 15 is 0 Å². The zero-order valence-corrected chi connectivity index (χ0v) is 13.5. The molecule has 5 nitrogen and oxygen atoms in total. The summed E-state index contributed by atoms with van der Waals surface area (Å²) in [4.78, 5) is 18.6. The summed E-state index contributed by atoms with van der Waals surface area (Å²) < 4.78 is 4.83. The Hall–Kier alpha value is -2.30. The van der Waals surface area contributed by atoms with Crippen molar-refractivity contribution in [2.75, 3.05) is 11.9 Å². The molecule has 2 N–H and O–H groups in total. The van der Waals surface area contributed by atoms with Crippen LogP contribution in [0.1, 0.15) is 50.5 Å². The van der Waals surface area contributed by atoms with E-state index in [1.807, 2.05) is 0 Å². The second kappa shape index (κ2) is 7.31. The zero-order chi connectivity index (χ0) is 16.1. The summed E-state index contributed by atoms with van der Waals surface area (Å²) >= 11 is 0. The van der Waals surface area contributed by atoms with Gasteiger partial charge in [-0.05, 0) is 36.8 Å². The predicted octanol–water partition coefficient (Wildman–Crippen LogP) is 4.69. The molecule has 3 rings (SSSR count). The Morgan fingerprint density at radius 3 is 2.70 bits per heavy atom. The minimum absolute atomic E-state index is 0.335. The van der Waals surface area contributed by atoms with Crippen LogP contribution in [-0.4, -0.2) is 22.7 Å². The highest BCUT2D eigenvalue weighted by atomic mass is 16.5. The van der Waals surface area contributed by atoms with Gasteiger partial charge in [0.25, 0.3) is 0 Å². The van der Waals surface area contributed by atoms with Crippen molar-refractivity contribution in [2.24, 2.45) is 0 Å². The number of H-pyrrole nitrogens is 1. The largest absolute Gasteiger partial charge is 0.450 e. The van der Waals surface area contributed by atoms with Crippen LogP contribution in [0, 0.1) is 0 Å². The lowest BCUT2D eigenvalue weighted by Gasteiger charge is -2.22. The zero-order valence-electron chi connectivity index (χ0n) is 13.5. The van der Waals surface area contributed by atoms with Crippen molar-refractivity contribution in [3.05, 3.63) is 36.0 Å². The van der Waals surface area contributed by atoms with Crippen LogP contribution in [0.5, 0.6) is 0 Å². The smallest absolute Gasteiger partial charge is 0.413 e. The number of hydrogen-bond donors (Lipinski definition) is 2. The monoisotopic (exact) mass is 313 g/mol. The maximum absolute atomic E-state index is 11.4. The molecule has 0 aliphatic heterocycles. The topological polar surface area (TPSA) is 67.0 Å². The van der Waals surface area contributed by atoms with Crippen LogP contribution >= 0.6 is 0 Å². The maximum Gasteiger partial charge on any atom is 0.413 e. The molecule has 1 saturated carbocycles. The van der Waals surface area contributed by atoms with Gasteiger partial charge in [-0.25, -0.2) is 9.78 Å². The van der Waals surface area contributed by atoms with E-state index in [9.17, 15) is 4.79 Å². The first-order valence-electron chi connectivity index (χ1n) is 8.35. The quantitative estimate of drug-likeness (QED) is 0.860. The van der Waals surface area contributed by atoms with Gasteiger partial charge in [0.2, 0.25) is 5.95 Å². The van der Waals surface area contributed by atoms with E-state index in [-0.39, 0.29) is 0 Å². The highest BCUT2D eigenvalue weighted by Crippen LogP contribution is 2.33. The van der Waals surface area contributed by atoms with Crippen molar-refractivity contribution in [1.29, 1.82) is 0 Å². The summed E-state index contributed by atoms with van der Waals surface area (Å²) in [6.45, 7) is 2.10. The number of carbonyl (C=O) groups excluding carboxylic acids is 1. The van der Waals surface area contributed by atoms with E-state index in [0.717, 1.165) is 11.3 Å². The number of hydrogen-bond acceptors (Lipinski definition) is 3. The van der Waals surface area contributed by atoms with Crippen molar-refractivity contribution >= 4 is 12.0 Å². The number of nitrogens with zero attached hydrogens (tertiary/aromatic N) is 1. The summed E-state index contributed by atoms with van der Waals surface area (Å²) in [6.07, 6.45) is 7.89. The number of amides is 1. The number of aromatic amines is 1. The molecule has 0 atom stereocenters. The van der Waals surface area contributed by atoms with E-state index in [1.165, 1.54) is 37.7 Å². The highest BCUT2D eigenvalue weighted by Gasteiger charge is 2.15. The Balaban J connectivity index is 1.67. The van der Waals surface area contributed by atoms with Crippen LogP contribution in [0.3, 0.4) is 0 Å². The van der Waals surface area contributed by atoms with Gasteiger partial charge in [0, 0.05) is 0 Å². The Kier molecular flexibility index (Phi) is 4.95. The minimum Gasteiger partial charge on any atom is -0.450 e. The molecule has 0 saturated heterocycles. The Labute approximate surface area is 136 Å². The Bertz CT molecular complexity index is 643. The molecule has 23 heavy (non-hydrogen) atoms. The SMILES string of the molecule is CCOC(=O)Nc1ncc(-c2ccc(C3CCCCC3)cc2)[nH]1. The van der Waals surface area contributed by atoms with Crippen molar-refractivity contribution < 1.29 is 9.53 Å². The molecule has 2 aromatic rings. The fourth-order valence-corrected chi connectivity index (χ4v) is 3.17. The molecule has 122 valence electrons. The first-order valence-corrected chi connectivity index (χ1v) is 8.35. The number of carbonyl (C=O) groups is 1. The van der Waals surface area contributed by atoms with Gasteiger partial charge >= 0.3 is 6.09 Å². The van der Waals surface area contributed by atoms with Gasteiger partial charge in [-0.3, -0.25) is 5.32 Å². The number of imidazole rings is 1. The fraction of sp³-hybridized carbons (Fsp3) is 0.444. The molecule has 0 bridgehead atoms. The molecular formula is C18H23N3O2. The first kappa shape index (κ1) is 15.6. The van der Waals surface area contributed by atoms with E-state index in [4.69, 9.17) is 4.74 Å². The van der Waals surface area contributed by atoms with Crippen LogP contribution in [-0.2, 0) is 4.74 Å². The van der Waals surface area contributed by atoms with E-state index < -0.39 is 6.09 Å². The van der Waals surface area contributed by atoms with Gasteiger partial charge in [-0.15, -0.1) is 0 Å². The van der Waals surface area contributed by atoms with Crippen molar-refractivity contribution in [1.82, 2.24) is 9.97 Å². The van der Waals surface area contributed by atoms with Crippen LogP contribution in [0.25, 0.3) is 11.3 Å². The summed E-state index contributed by atoms with van der Waals surface area (Å²) in [5.74, 6) is 1.11. The molecule has 0 unspecified atom stereocenters. The third-order valence-corrected chi connectivity index (χ3v) is 4.37. The average Bonchev–Trinajstić information content (AvgIpc) is 3.04. The van der Waals surface area contributed by atoms with E-state index in [2.05, 4.69) is 39.6 Å². The van der Waals surface area contributed by atoms with Crippen molar-refractivity contribution in [3.63, 3.8) is 0 Å². The lowest BCUT2D eigenvalue weighted by Crippen LogP contribution is -2.14. The number of ether oxygens (including phenoxy) is 1. The summed E-state index contributed by atoms with van der Waals surface area (Å²) in [6, 6.07) is 8.66. The second-order valence-electron chi connectivity index (χ2n) is 5.95. The lowest BCUT2D eigenvalue weighted by atomic mass is 9.84. The highest BCUT2D eigenvalue weighted by molar-refractivity contribution is 5.82. The Morgan fingerprint density at radius 1 is 1.26 bits per heavy atom. The number of nitrogens with one attached hydrogen (secondary N) is 2. The van der Waals surface area contributed by atoms with Crippen LogP contribution in [0.2, 0.25) is 0 Å². The summed E-state index contributed by atoms with van der Waals surface area (Å²) in [5, 5.41) is 2.57. The Morgan fingerprint density at radius 2 is 2.00 bits per heavy atom. The third kappa shape index (κ3) is 3.92. The molecule has 1 aliphatic carbocycles. The van der Waals surface area contributed by atoms with Crippen molar-refractivity contribution in [3.8, 4) is 11.3 Å². The number of benzene rings is 1. The molecule has 0 radical (unpaired) electrons. The van der Waals surface area contributed by atoms with Gasteiger partial charge in [0.15, 0.2) is 0 Å². The molecular weight excluding hydrogens is 290 g/mol. The van der Waals surface area contributed by atoms with Crippen LogP contribution in [0.4, 0.5) is 10.7 Å². The van der Waals surface area contributed by atoms with Crippen LogP contribution in [0.15, 0.2) is 30.5 Å². The minimum atomic E-state index is -0.499. The van der Waals surface area contributed by atoms with Gasteiger partial charge in [-0.2, -0.15) is 0 Å². The number of rotatable bonds is 4.